The van der Waals surface area contributed by atoms with E-state index in [9.17, 15) is 15.2 Å². The number of hydrogen-bond acceptors (Lipinski definition) is 7. The van der Waals surface area contributed by atoms with Crippen LogP contribution in [0.1, 0.15) is 41.8 Å². The summed E-state index contributed by atoms with van der Waals surface area (Å²) in [7, 11) is 1.61. The van der Waals surface area contributed by atoms with Crippen LogP contribution in [0.15, 0.2) is 30.5 Å². The zero-order chi connectivity index (χ0) is 21.0. The summed E-state index contributed by atoms with van der Waals surface area (Å²) >= 11 is 0. The van der Waals surface area contributed by atoms with Crippen molar-refractivity contribution in [1.29, 1.82) is 5.26 Å². The van der Waals surface area contributed by atoms with E-state index in [1.165, 1.54) is 6.20 Å². The molecule has 1 aromatic carbocycles. The number of aliphatic hydroxyl groups excluding tert-OH is 1. The Morgan fingerprint density at radius 1 is 1.41 bits per heavy atom. The number of rotatable bonds is 7. The predicted molar refractivity (Wildman–Crippen MR) is 111 cm³/mol. The minimum absolute atomic E-state index is 0.0415. The van der Waals surface area contributed by atoms with Crippen LogP contribution >= 0.6 is 0 Å². The van der Waals surface area contributed by atoms with Crippen molar-refractivity contribution in [2.75, 3.05) is 24.2 Å². The molecule has 1 fully saturated rings. The lowest BCUT2D eigenvalue weighted by atomic mass is 9.64. The Morgan fingerprint density at radius 2 is 2.21 bits per heavy atom. The molecular weight excluding hydrogens is 368 g/mol. The third-order valence-electron chi connectivity index (χ3n) is 5.55. The zero-order valence-electron chi connectivity index (χ0n) is 16.9. The number of carbonyl (C=O) groups excluding carboxylic acids is 1. The van der Waals surface area contributed by atoms with Gasteiger partial charge in [-0.25, -0.2) is 4.98 Å². The van der Waals surface area contributed by atoms with Crippen molar-refractivity contribution in [3.05, 3.63) is 47.2 Å². The Labute approximate surface area is 170 Å². The normalized spacial score (nSPS) is 19.6. The third-order valence-corrected chi connectivity index (χ3v) is 5.55. The van der Waals surface area contributed by atoms with Gasteiger partial charge in [0.05, 0.1) is 12.3 Å². The number of anilines is 2. The van der Waals surface area contributed by atoms with E-state index in [2.05, 4.69) is 32.0 Å². The van der Waals surface area contributed by atoms with Crippen LogP contribution in [0, 0.1) is 16.7 Å². The van der Waals surface area contributed by atoms with Gasteiger partial charge in [-0.1, -0.05) is 26.0 Å². The average Bonchev–Trinajstić information content (AvgIpc) is 2.73. The van der Waals surface area contributed by atoms with E-state index in [0.29, 0.717) is 42.3 Å². The largest absolute Gasteiger partial charge is 0.392 e. The number of carbonyl (C=O) groups is 1. The van der Waals surface area contributed by atoms with Crippen LogP contribution in [0.4, 0.5) is 11.8 Å². The van der Waals surface area contributed by atoms with Gasteiger partial charge in [-0.05, 0) is 30.5 Å². The van der Waals surface area contributed by atoms with Crippen molar-refractivity contribution in [2.24, 2.45) is 5.41 Å². The fourth-order valence-electron chi connectivity index (χ4n) is 3.30. The second-order valence-corrected chi connectivity index (χ2v) is 7.79. The van der Waals surface area contributed by atoms with Crippen molar-refractivity contribution in [3.63, 3.8) is 0 Å². The fraction of sp³-hybridized carbons (Fsp3) is 0.429. The number of nitrogens with one attached hydrogen (secondary N) is 3. The highest BCUT2D eigenvalue weighted by molar-refractivity contribution is 5.94. The molecule has 2 aromatic rings. The lowest BCUT2D eigenvalue weighted by Gasteiger charge is -2.49. The first-order chi connectivity index (χ1) is 13.8. The van der Waals surface area contributed by atoms with Crippen LogP contribution in [0.2, 0.25) is 0 Å². The Bertz CT molecular complexity index is 937. The molecule has 0 unspecified atom stereocenters. The smallest absolute Gasteiger partial charge is 0.251 e. The summed E-state index contributed by atoms with van der Waals surface area (Å²) < 4.78 is 0. The van der Waals surface area contributed by atoms with Crippen molar-refractivity contribution < 1.29 is 9.90 Å². The Balaban J connectivity index is 1.63. The van der Waals surface area contributed by atoms with E-state index in [1.54, 1.807) is 13.1 Å². The SMILES string of the molecule is CNC(=O)c1cccc(CCNc2ncc(C#N)c(N[C@@H]3C[C@H](O)C3(C)C)n2)c1. The highest BCUT2D eigenvalue weighted by Gasteiger charge is 2.47. The molecule has 29 heavy (non-hydrogen) atoms. The van der Waals surface area contributed by atoms with Gasteiger partial charge in [0.2, 0.25) is 5.95 Å². The highest BCUT2D eigenvalue weighted by atomic mass is 16.3. The maximum absolute atomic E-state index is 11.7. The first kappa shape index (κ1) is 20.6. The molecule has 1 saturated carbocycles. The molecule has 2 atom stereocenters. The molecule has 0 spiro atoms. The molecule has 0 radical (unpaired) electrons. The summed E-state index contributed by atoms with van der Waals surface area (Å²) in [4.78, 5) is 20.4. The van der Waals surface area contributed by atoms with E-state index in [0.717, 1.165) is 5.56 Å². The summed E-state index contributed by atoms with van der Waals surface area (Å²) in [5.41, 5.74) is 1.74. The van der Waals surface area contributed by atoms with Crippen molar-refractivity contribution in [1.82, 2.24) is 15.3 Å². The summed E-state index contributed by atoms with van der Waals surface area (Å²) in [5.74, 6) is 0.776. The van der Waals surface area contributed by atoms with Crippen LogP contribution in [-0.2, 0) is 6.42 Å². The first-order valence-electron chi connectivity index (χ1n) is 9.61. The molecule has 1 amide bonds. The zero-order valence-corrected chi connectivity index (χ0v) is 16.9. The number of hydrogen-bond donors (Lipinski definition) is 4. The molecular formula is C21H26N6O2. The van der Waals surface area contributed by atoms with Gasteiger partial charge in [-0.2, -0.15) is 10.2 Å². The monoisotopic (exact) mass is 394 g/mol. The van der Waals surface area contributed by atoms with E-state index in [-0.39, 0.29) is 23.5 Å². The number of nitriles is 1. The summed E-state index contributed by atoms with van der Waals surface area (Å²) in [6.45, 7) is 4.55. The minimum Gasteiger partial charge on any atom is -0.392 e. The maximum atomic E-state index is 11.7. The van der Waals surface area contributed by atoms with Crippen LogP contribution in [-0.4, -0.2) is 46.7 Å². The van der Waals surface area contributed by atoms with Crippen LogP contribution in [0.5, 0.6) is 0 Å². The number of aromatic nitrogens is 2. The van der Waals surface area contributed by atoms with Gasteiger partial charge in [-0.3, -0.25) is 4.79 Å². The van der Waals surface area contributed by atoms with Gasteiger partial charge in [0, 0.05) is 30.6 Å². The quantitative estimate of drug-likeness (QED) is 0.566. The molecule has 0 bridgehead atoms. The van der Waals surface area contributed by atoms with Gasteiger partial charge >= 0.3 is 0 Å². The summed E-state index contributed by atoms with van der Waals surface area (Å²) in [6.07, 6.45) is 2.44. The number of amides is 1. The fourth-order valence-corrected chi connectivity index (χ4v) is 3.30. The molecule has 4 N–H and O–H groups in total. The molecule has 1 aliphatic carbocycles. The molecule has 0 aliphatic heterocycles. The predicted octanol–water partition coefficient (Wildman–Crippen LogP) is 1.93. The first-order valence-corrected chi connectivity index (χ1v) is 9.61. The number of benzene rings is 1. The van der Waals surface area contributed by atoms with E-state index in [1.807, 2.05) is 32.0 Å². The van der Waals surface area contributed by atoms with Crippen LogP contribution in [0.3, 0.4) is 0 Å². The number of nitrogens with zero attached hydrogens (tertiary/aromatic N) is 3. The van der Waals surface area contributed by atoms with Crippen molar-refractivity contribution in [2.45, 2.75) is 38.8 Å². The lowest BCUT2D eigenvalue weighted by molar-refractivity contribution is -0.0511. The molecule has 3 rings (SSSR count). The standard InChI is InChI=1S/C21H26N6O2/c1-21(2)16(10-17(21)28)26-18-15(11-22)12-25-20(27-18)24-8-7-13-5-4-6-14(9-13)19(29)23-3/h4-6,9,12,16-17,28H,7-8,10H2,1-3H3,(H,23,29)(H2,24,25,26,27)/t16-,17+/m1/s1. The van der Waals surface area contributed by atoms with Gasteiger partial charge in [0.25, 0.3) is 5.91 Å². The van der Waals surface area contributed by atoms with Crippen molar-refractivity contribution >= 4 is 17.7 Å². The molecule has 1 aromatic heterocycles. The Hall–Kier alpha value is -3.18. The molecule has 1 aliphatic rings. The Morgan fingerprint density at radius 3 is 2.86 bits per heavy atom. The second-order valence-electron chi connectivity index (χ2n) is 7.79. The Kier molecular flexibility index (Phi) is 5.99. The summed E-state index contributed by atoms with van der Waals surface area (Å²) in [5, 5.41) is 28.3. The van der Waals surface area contributed by atoms with Crippen LogP contribution < -0.4 is 16.0 Å². The summed E-state index contributed by atoms with van der Waals surface area (Å²) in [6, 6.07) is 9.60. The van der Waals surface area contributed by atoms with Crippen LogP contribution in [0.25, 0.3) is 0 Å². The van der Waals surface area contributed by atoms with Gasteiger partial charge in [-0.15, -0.1) is 0 Å². The average molecular weight is 394 g/mol. The molecule has 0 saturated heterocycles. The molecule has 1 heterocycles. The van der Waals surface area contributed by atoms with Gasteiger partial charge in [0.15, 0.2) is 0 Å². The molecule has 8 nitrogen and oxygen atoms in total. The van der Waals surface area contributed by atoms with E-state index in [4.69, 9.17) is 0 Å². The molecule has 8 heteroatoms. The van der Waals surface area contributed by atoms with Crippen molar-refractivity contribution in [3.8, 4) is 6.07 Å². The topological polar surface area (TPSA) is 123 Å². The minimum atomic E-state index is -0.365. The number of aliphatic hydroxyl groups is 1. The second kappa shape index (κ2) is 8.45. The van der Waals surface area contributed by atoms with Gasteiger partial charge in [0.1, 0.15) is 17.5 Å². The van der Waals surface area contributed by atoms with Gasteiger partial charge < -0.3 is 21.1 Å². The lowest BCUT2D eigenvalue weighted by Crippen LogP contribution is -2.57. The van der Waals surface area contributed by atoms with E-state index >= 15 is 0 Å². The molecule has 152 valence electrons. The highest BCUT2D eigenvalue weighted by Crippen LogP contribution is 2.42. The van der Waals surface area contributed by atoms with E-state index < -0.39 is 0 Å². The maximum Gasteiger partial charge on any atom is 0.251 e. The third kappa shape index (κ3) is 4.46.